The lowest BCUT2D eigenvalue weighted by Crippen LogP contribution is -2.25. The van der Waals surface area contributed by atoms with Crippen LogP contribution in [-0.4, -0.2) is 16.8 Å². The Morgan fingerprint density at radius 1 is 0.929 bits per heavy atom. The van der Waals surface area contributed by atoms with E-state index in [9.17, 15) is 14.0 Å². The summed E-state index contributed by atoms with van der Waals surface area (Å²) in [6.45, 7) is 0.201. The number of anilines is 1. The maximum absolute atomic E-state index is 12.9. The van der Waals surface area contributed by atoms with Crippen molar-refractivity contribution in [1.29, 1.82) is 5.26 Å². The van der Waals surface area contributed by atoms with E-state index in [0.29, 0.717) is 11.3 Å². The molecule has 0 spiro atoms. The first-order valence-corrected chi connectivity index (χ1v) is 8.37. The Balaban J connectivity index is 1.69. The second-order valence-electron chi connectivity index (χ2n) is 5.83. The number of nitriles is 1. The molecular formula is C21H15FN4O2. The Labute approximate surface area is 160 Å². The maximum Gasteiger partial charge on any atom is 0.274 e. The number of benzene rings is 2. The highest BCUT2D eigenvalue weighted by Gasteiger charge is 2.13. The van der Waals surface area contributed by atoms with Crippen molar-refractivity contribution in [2.75, 3.05) is 5.32 Å². The number of nitrogens with one attached hydrogen (secondary N) is 2. The molecular weight excluding hydrogens is 359 g/mol. The first-order chi connectivity index (χ1) is 13.6. The molecule has 6 nitrogen and oxygen atoms in total. The van der Waals surface area contributed by atoms with Gasteiger partial charge in [-0.2, -0.15) is 5.26 Å². The molecule has 0 saturated carbocycles. The largest absolute Gasteiger partial charge is 0.347 e. The fraction of sp³-hybridized carbons (Fsp3) is 0.0476. The van der Waals surface area contributed by atoms with Crippen molar-refractivity contribution in [1.82, 2.24) is 10.3 Å². The number of amides is 2. The van der Waals surface area contributed by atoms with Crippen molar-refractivity contribution in [3.05, 3.63) is 95.1 Å². The summed E-state index contributed by atoms with van der Waals surface area (Å²) in [5, 5.41) is 14.4. The fourth-order valence-corrected chi connectivity index (χ4v) is 2.44. The molecule has 3 aromatic rings. The number of aromatic nitrogens is 1. The Morgan fingerprint density at radius 3 is 2.32 bits per heavy atom. The van der Waals surface area contributed by atoms with Gasteiger partial charge >= 0.3 is 0 Å². The van der Waals surface area contributed by atoms with E-state index < -0.39 is 11.8 Å². The second kappa shape index (κ2) is 8.56. The van der Waals surface area contributed by atoms with Gasteiger partial charge in [0.25, 0.3) is 11.8 Å². The van der Waals surface area contributed by atoms with Crippen LogP contribution in [-0.2, 0) is 6.54 Å². The summed E-state index contributed by atoms with van der Waals surface area (Å²) in [4.78, 5) is 28.8. The van der Waals surface area contributed by atoms with E-state index in [0.717, 1.165) is 5.56 Å². The topological polar surface area (TPSA) is 94.9 Å². The van der Waals surface area contributed by atoms with E-state index in [1.54, 1.807) is 42.5 Å². The molecule has 28 heavy (non-hydrogen) atoms. The van der Waals surface area contributed by atoms with Crippen molar-refractivity contribution >= 4 is 17.5 Å². The number of halogens is 1. The minimum absolute atomic E-state index is 0.0437. The number of carbonyl (C=O) groups is 2. The number of para-hydroxylation sites is 1. The van der Waals surface area contributed by atoms with E-state index in [1.165, 1.54) is 24.3 Å². The highest BCUT2D eigenvalue weighted by Crippen LogP contribution is 2.14. The zero-order chi connectivity index (χ0) is 19.9. The summed E-state index contributed by atoms with van der Waals surface area (Å²) in [6.07, 6.45) is 0. The maximum atomic E-state index is 12.9. The molecule has 0 atom stereocenters. The van der Waals surface area contributed by atoms with Crippen LogP contribution in [0.1, 0.15) is 32.1 Å². The number of rotatable bonds is 5. The molecule has 2 amide bonds. The van der Waals surface area contributed by atoms with Crippen LogP contribution in [0.2, 0.25) is 0 Å². The molecule has 0 fully saturated rings. The van der Waals surface area contributed by atoms with Gasteiger partial charge in [-0.3, -0.25) is 9.59 Å². The third-order valence-electron chi connectivity index (χ3n) is 3.88. The van der Waals surface area contributed by atoms with Gasteiger partial charge in [-0.15, -0.1) is 0 Å². The van der Waals surface area contributed by atoms with Crippen LogP contribution in [0.15, 0.2) is 66.7 Å². The molecule has 2 N–H and O–H groups in total. The molecule has 138 valence electrons. The lowest BCUT2D eigenvalue weighted by molar-refractivity contribution is 0.0945. The van der Waals surface area contributed by atoms with Crippen LogP contribution in [0.25, 0.3) is 0 Å². The van der Waals surface area contributed by atoms with E-state index in [4.69, 9.17) is 5.26 Å². The number of pyridine rings is 1. The Morgan fingerprint density at radius 2 is 1.61 bits per heavy atom. The van der Waals surface area contributed by atoms with Gasteiger partial charge in [-0.25, -0.2) is 9.37 Å². The van der Waals surface area contributed by atoms with Crippen molar-refractivity contribution in [2.45, 2.75) is 6.54 Å². The standard InChI is InChI=1S/C21H15FN4O2/c22-16-10-8-14(9-11-16)13-24-20(27)18-6-3-7-19(25-18)21(28)26-17-5-2-1-4-15(17)12-23/h1-11H,13H2,(H,24,27)(H,26,28). The highest BCUT2D eigenvalue weighted by atomic mass is 19.1. The Kier molecular flexibility index (Phi) is 5.72. The summed E-state index contributed by atoms with van der Waals surface area (Å²) in [7, 11) is 0. The molecule has 7 heteroatoms. The quantitative estimate of drug-likeness (QED) is 0.716. The minimum atomic E-state index is -0.532. The second-order valence-corrected chi connectivity index (χ2v) is 5.83. The Hall–Kier alpha value is -4.05. The van der Waals surface area contributed by atoms with Gasteiger partial charge in [-0.1, -0.05) is 30.3 Å². The SMILES string of the molecule is N#Cc1ccccc1NC(=O)c1cccc(C(=O)NCc2ccc(F)cc2)n1. The van der Waals surface area contributed by atoms with E-state index in [-0.39, 0.29) is 23.7 Å². The van der Waals surface area contributed by atoms with Crippen molar-refractivity contribution < 1.29 is 14.0 Å². The third-order valence-corrected chi connectivity index (χ3v) is 3.88. The molecule has 1 aromatic heterocycles. The summed E-state index contributed by atoms with van der Waals surface area (Å²) in [5.41, 5.74) is 1.54. The van der Waals surface area contributed by atoms with Crippen molar-refractivity contribution in [3.63, 3.8) is 0 Å². The molecule has 0 aliphatic rings. The van der Waals surface area contributed by atoms with Gasteiger partial charge in [0.05, 0.1) is 11.3 Å². The summed E-state index contributed by atoms with van der Waals surface area (Å²) < 4.78 is 12.9. The normalized spacial score (nSPS) is 10.0. The molecule has 2 aromatic carbocycles. The number of hydrogen-bond donors (Lipinski definition) is 2. The lowest BCUT2D eigenvalue weighted by atomic mass is 10.2. The first kappa shape index (κ1) is 18.7. The minimum Gasteiger partial charge on any atom is -0.347 e. The van der Waals surface area contributed by atoms with Crippen LogP contribution >= 0.6 is 0 Å². The number of nitrogens with zero attached hydrogens (tertiary/aromatic N) is 2. The average Bonchev–Trinajstić information content (AvgIpc) is 2.73. The lowest BCUT2D eigenvalue weighted by Gasteiger charge is -2.08. The zero-order valence-electron chi connectivity index (χ0n) is 14.6. The van der Waals surface area contributed by atoms with Crippen LogP contribution < -0.4 is 10.6 Å². The van der Waals surface area contributed by atoms with E-state index >= 15 is 0 Å². The molecule has 0 aliphatic carbocycles. The third kappa shape index (κ3) is 4.56. The van der Waals surface area contributed by atoms with Gasteiger partial charge in [0, 0.05) is 6.54 Å². The Bertz CT molecular complexity index is 1060. The molecule has 0 saturated heterocycles. The van der Waals surface area contributed by atoms with Crippen molar-refractivity contribution in [2.24, 2.45) is 0 Å². The molecule has 0 aliphatic heterocycles. The van der Waals surface area contributed by atoms with Crippen LogP contribution in [0, 0.1) is 17.1 Å². The summed E-state index contributed by atoms with van der Waals surface area (Å²) >= 11 is 0. The summed E-state index contributed by atoms with van der Waals surface area (Å²) in [6, 6.07) is 18.8. The van der Waals surface area contributed by atoms with Crippen LogP contribution in [0.3, 0.4) is 0 Å². The van der Waals surface area contributed by atoms with Crippen LogP contribution in [0.5, 0.6) is 0 Å². The fourth-order valence-electron chi connectivity index (χ4n) is 2.44. The molecule has 0 bridgehead atoms. The van der Waals surface area contributed by atoms with E-state index in [2.05, 4.69) is 15.6 Å². The van der Waals surface area contributed by atoms with Gasteiger partial charge in [0.2, 0.25) is 0 Å². The molecule has 0 radical (unpaired) electrons. The zero-order valence-corrected chi connectivity index (χ0v) is 14.6. The first-order valence-electron chi connectivity index (χ1n) is 8.37. The van der Waals surface area contributed by atoms with Gasteiger partial charge < -0.3 is 10.6 Å². The predicted molar refractivity (Wildman–Crippen MR) is 101 cm³/mol. The summed E-state index contributed by atoms with van der Waals surface area (Å²) in [5.74, 6) is -1.35. The smallest absolute Gasteiger partial charge is 0.274 e. The van der Waals surface area contributed by atoms with Crippen molar-refractivity contribution in [3.8, 4) is 6.07 Å². The number of hydrogen-bond acceptors (Lipinski definition) is 4. The predicted octanol–water partition coefficient (Wildman–Crippen LogP) is 3.27. The van der Waals surface area contributed by atoms with Gasteiger partial charge in [-0.05, 0) is 42.0 Å². The molecule has 3 rings (SSSR count). The average molecular weight is 374 g/mol. The monoisotopic (exact) mass is 374 g/mol. The van der Waals surface area contributed by atoms with Gasteiger partial charge in [0.1, 0.15) is 23.3 Å². The molecule has 0 unspecified atom stereocenters. The number of carbonyl (C=O) groups excluding carboxylic acids is 2. The molecule has 1 heterocycles. The van der Waals surface area contributed by atoms with E-state index in [1.807, 2.05) is 6.07 Å². The highest BCUT2D eigenvalue weighted by molar-refractivity contribution is 6.04. The van der Waals surface area contributed by atoms with Crippen LogP contribution in [0.4, 0.5) is 10.1 Å². The van der Waals surface area contributed by atoms with Gasteiger partial charge in [0.15, 0.2) is 0 Å².